The molecule has 23 heavy (non-hydrogen) atoms. The van der Waals surface area contributed by atoms with E-state index in [1.807, 2.05) is 54.5 Å². The number of nitrogens with zero attached hydrogens (tertiary/aromatic N) is 3. The smallest absolute Gasteiger partial charge is 0.191 e. The SMILES string of the molecule is CN=C(NCc1cnn(-c2ccccc2)c1)NC1CCCC1.I. The normalized spacial score (nSPS) is 15.3. The number of aromatic nitrogens is 2. The van der Waals surface area contributed by atoms with Crippen LogP contribution in [-0.2, 0) is 6.54 Å². The summed E-state index contributed by atoms with van der Waals surface area (Å²) < 4.78 is 1.89. The number of halogens is 1. The molecule has 0 bridgehead atoms. The largest absolute Gasteiger partial charge is 0.354 e. The van der Waals surface area contributed by atoms with Gasteiger partial charge in [0.25, 0.3) is 0 Å². The second-order valence-corrected chi connectivity index (χ2v) is 5.68. The Balaban J connectivity index is 0.00000192. The van der Waals surface area contributed by atoms with E-state index < -0.39 is 0 Å². The van der Waals surface area contributed by atoms with Crippen LogP contribution < -0.4 is 10.6 Å². The van der Waals surface area contributed by atoms with Crippen LogP contribution in [0.1, 0.15) is 31.2 Å². The van der Waals surface area contributed by atoms with Gasteiger partial charge in [-0.3, -0.25) is 4.99 Å². The lowest BCUT2D eigenvalue weighted by atomic mass is 10.2. The molecule has 1 fully saturated rings. The Morgan fingerprint density at radius 1 is 1.26 bits per heavy atom. The predicted octanol–water partition coefficient (Wildman–Crippen LogP) is 3.10. The Kier molecular flexibility index (Phi) is 6.88. The van der Waals surface area contributed by atoms with Crippen LogP contribution in [0.5, 0.6) is 0 Å². The van der Waals surface area contributed by atoms with Crippen molar-refractivity contribution >= 4 is 29.9 Å². The van der Waals surface area contributed by atoms with Gasteiger partial charge in [0.2, 0.25) is 0 Å². The van der Waals surface area contributed by atoms with Crippen LogP contribution in [0.25, 0.3) is 5.69 Å². The van der Waals surface area contributed by atoms with Gasteiger partial charge in [-0.15, -0.1) is 24.0 Å². The van der Waals surface area contributed by atoms with Crippen LogP contribution in [0, 0.1) is 0 Å². The quantitative estimate of drug-likeness (QED) is 0.450. The van der Waals surface area contributed by atoms with Gasteiger partial charge in [-0.05, 0) is 25.0 Å². The van der Waals surface area contributed by atoms with Gasteiger partial charge in [0.15, 0.2) is 5.96 Å². The first-order chi connectivity index (χ1) is 10.8. The van der Waals surface area contributed by atoms with E-state index in [0.29, 0.717) is 6.04 Å². The number of aliphatic imine (C=N–C) groups is 1. The molecule has 0 amide bonds. The van der Waals surface area contributed by atoms with Crippen LogP contribution in [0.2, 0.25) is 0 Å². The topological polar surface area (TPSA) is 54.2 Å². The summed E-state index contributed by atoms with van der Waals surface area (Å²) in [5, 5.41) is 11.3. The van der Waals surface area contributed by atoms with Gasteiger partial charge in [0.1, 0.15) is 0 Å². The number of rotatable bonds is 4. The first-order valence-corrected chi connectivity index (χ1v) is 7.91. The van der Waals surface area contributed by atoms with Gasteiger partial charge >= 0.3 is 0 Å². The molecule has 0 saturated heterocycles. The molecular formula is C17H24IN5. The Morgan fingerprint density at radius 3 is 2.70 bits per heavy atom. The fourth-order valence-electron chi connectivity index (χ4n) is 2.82. The monoisotopic (exact) mass is 425 g/mol. The van der Waals surface area contributed by atoms with E-state index in [9.17, 15) is 0 Å². The van der Waals surface area contributed by atoms with E-state index in [-0.39, 0.29) is 24.0 Å². The highest BCUT2D eigenvalue weighted by Crippen LogP contribution is 2.17. The highest BCUT2D eigenvalue weighted by atomic mass is 127. The third kappa shape index (κ3) is 4.95. The lowest BCUT2D eigenvalue weighted by molar-refractivity contribution is 0.613. The predicted molar refractivity (Wildman–Crippen MR) is 105 cm³/mol. The summed E-state index contributed by atoms with van der Waals surface area (Å²) in [4.78, 5) is 4.30. The maximum absolute atomic E-state index is 4.41. The van der Waals surface area contributed by atoms with Crippen LogP contribution in [0.15, 0.2) is 47.7 Å². The van der Waals surface area contributed by atoms with Crippen molar-refractivity contribution in [2.24, 2.45) is 4.99 Å². The van der Waals surface area contributed by atoms with E-state index in [1.54, 1.807) is 0 Å². The molecule has 0 spiro atoms. The average molecular weight is 425 g/mol. The minimum Gasteiger partial charge on any atom is -0.354 e. The van der Waals surface area contributed by atoms with Crippen LogP contribution in [0.3, 0.4) is 0 Å². The summed E-state index contributed by atoms with van der Waals surface area (Å²) in [5.74, 6) is 0.874. The van der Waals surface area contributed by atoms with Gasteiger partial charge < -0.3 is 10.6 Å². The first-order valence-electron chi connectivity index (χ1n) is 7.91. The number of guanidine groups is 1. The van der Waals surface area contributed by atoms with Crippen LogP contribution in [-0.4, -0.2) is 28.8 Å². The number of hydrogen-bond donors (Lipinski definition) is 2. The molecule has 0 aliphatic heterocycles. The van der Waals surface area contributed by atoms with Crippen molar-refractivity contribution in [3.63, 3.8) is 0 Å². The van der Waals surface area contributed by atoms with E-state index in [1.165, 1.54) is 25.7 Å². The molecule has 1 aliphatic carbocycles. The highest BCUT2D eigenvalue weighted by Gasteiger charge is 2.15. The Morgan fingerprint density at radius 2 is 2.00 bits per heavy atom. The molecule has 124 valence electrons. The molecule has 1 aliphatic rings. The lowest BCUT2D eigenvalue weighted by Gasteiger charge is -2.16. The molecule has 5 nitrogen and oxygen atoms in total. The van der Waals surface area contributed by atoms with Crippen LogP contribution in [0.4, 0.5) is 0 Å². The van der Waals surface area contributed by atoms with Crippen LogP contribution >= 0.6 is 24.0 Å². The average Bonchev–Trinajstić information content (AvgIpc) is 3.24. The van der Waals surface area contributed by atoms with Crippen molar-refractivity contribution in [1.29, 1.82) is 0 Å². The summed E-state index contributed by atoms with van der Waals surface area (Å²) in [6.07, 6.45) is 9.06. The molecular weight excluding hydrogens is 401 g/mol. The van der Waals surface area contributed by atoms with E-state index in [0.717, 1.165) is 23.8 Å². The third-order valence-electron chi connectivity index (χ3n) is 4.04. The maximum atomic E-state index is 4.41. The Labute approximate surface area is 154 Å². The number of benzene rings is 1. The molecule has 1 saturated carbocycles. The van der Waals surface area contributed by atoms with Gasteiger partial charge in [-0.2, -0.15) is 5.10 Å². The van der Waals surface area contributed by atoms with Gasteiger partial charge in [0, 0.05) is 31.4 Å². The summed E-state index contributed by atoms with van der Waals surface area (Å²) in [7, 11) is 1.82. The van der Waals surface area contributed by atoms with Crippen molar-refractivity contribution in [1.82, 2.24) is 20.4 Å². The molecule has 2 aromatic rings. The molecule has 1 heterocycles. The second kappa shape index (κ2) is 8.90. The highest BCUT2D eigenvalue weighted by molar-refractivity contribution is 14.0. The molecule has 0 unspecified atom stereocenters. The Hall–Kier alpha value is -1.57. The molecule has 3 rings (SSSR count). The summed E-state index contributed by atoms with van der Waals surface area (Å²) in [6.45, 7) is 0.721. The molecule has 0 atom stereocenters. The van der Waals surface area contributed by atoms with Gasteiger partial charge in [0.05, 0.1) is 11.9 Å². The third-order valence-corrected chi connectivity index (χ3v) is 4.04. The van der Waals surface area contributed by atoms with E-state index in [2.05, 4.69) is 20.7 Å². The standard InChI is InChI=1S/C17H23N5.HI/c1-18-17(21-15-7-5-6-8-15)19-11-14-12-20-22(13-14)16-9-3-2-4-10-16;/h2-4,9-10,12-13,15H,5-8,11H2,1H3,(H2,18,19,21);1H. The van der Waals surface area contributed by atoms with Crippen molar-refractivity contribution in [2.75, 3.05) is 7.05 Å². The van der Waals surface area contributed by atoms with Crippen molar-refractivity contribution in [2.45, 2.75) is 38.3 Å². The molecule has 2 N–H and O–H groups in total. The zero-order valence-corrected chi connectivity index (χ0v) is 15.7. The lowest BCUT2D eigenvalue weighted by Crippen LogP contribution is -2.41. The number of hydrogen-bond acceptors (Lipinski definition) is 2. The minimum absolute atomic E-state index is 0. The second-order valence-electron chi connectivity index (χ2n) is 5.68. The number of nitrogens with one attached hydrogen (secondary N) is 2. The van der Waals surface area contributed by atoms with E-state index >= 15 is 0 Å². The number of para-hydroxylation sites is 1. The van der Waals surface area contributed by atoms with Crippen molar-refractivity contribution in [3.8, 4) is 5.69 Å². The Bertz CT molecular complexity index is 617. The van der Waals surface area contributed by atoms with Gasteiger partial charge in [-0.25, -0.2) is 4.68 Å². The minimum atomic E-state index is 0. The fourth-order valence-corrected chi connectivity index (χ4v) is 2.82. The summed E-state index contributed by atoms with van der Waals surface area (Å²) in [6, 6.07) is 10.7. The van der Waals surface area contributed by atoms with E-state index in [4.69, 9.17) is 0 Å². The van der Waals surface area contributed by atoms with Crippen molar-refractivity contribution < 1.29 is 0 Å². The molecule has 1 aromatic heterocycles. The zero-order valence-electron chi connectivity index (χ0n) is 13.4. The van der Waals surface area contributed by atoms with Gasteiger partial charge in [-0.1, -0.05) is 31.0 Å². The molecule has 6 heteroatoms. The molecule has 0 radical (unpaired) electrons. The molecule has 1 aromatic carbocycles. The maximum Gasteiger partial charge on any atom is 0.191 e. The van der Waals surface area contributed by atoms with Crippen molar-refractivity contribution in [3.05, 3.63) is 48.3 Å². The fraction of sp³-hybridized carbons (Fsp3) is 0.412. The summed E-state index contributed by atoms with van der Waals surface area (Å²) >= 11 is 0. The first kappa shape index (κ1) is 17.8. The summed E-state index contributed by atoms with van der Waals surface area (Å²) in [5.41, 5.74) is 2.21. The zero-order chi connectivity index (χ0) is 15.2.